The highest BCUT2D eigenvalue weighted by Gasteiger charge is 2.06. The highest BCUT2D eigenvalue weighted by molar-refractivity contribution is 5.93. The van der Waals surface area contributed by atoms with Crippen LogP contribution in [-0.2, 0) is 6.54 Å². The fourth-order valence-corrected chi connectivity index (χ4v) is 1.81. The first-order valence-electron chi connectivity index (χ1n) is 5.44. The van der Waals surface area contributed by atoms with Gasteiger partial charge in [-0.15, -0.1) is 11.8 Å². The molecule has 0 aliphatic rings. The second-order valence-electron chi connectivity index (χ2n) is 3.76. The summed E-state index contributed by atoms with van der Waals surface area (Å²) >= 11 is 0. The summed E-state index contributed by atoms with van der Waals surface area (Å²) in [7, 11) is 0. The van der Waals surface area contributed by atoms with Gasteiger partial charge >= 0.3 is 5.97 Å². The van der Waals surface area contributed by atoms with Gasteiger partial charge in [0.2, 0.25) is 0 Å². The van der Waals surface area contributed by atoms with Crippen LogP contribution in [0.15, 0.2) is 30.5 Å². The molecule has 1 aromatic heterocycles. The maximum atomic E-state index is 10.9. The van der Waals surface area contributed by atoms with E-state index in [4.69, 9.17) is 5.11 Å². The number of carboxylic acid groups (broad SMARTS) is 1. The Morgan fingerprint density at radius 3 is 2.94 bits per heavy atom. The lowest BCUT2D eigenvalue weighted by Gasteiger charge is -2.03. The molecule has 0 saturated heterocycles. The van der Waals surface area contributed by atoms with Crippen molar-refractivity contribution in [3.63, 3.8) is 0 Å². The summed E-state index contributed by atoms with van der Waals surface area (Å²) in [4.78, 5) is 10.9. The Labute approximate surface area is 99.7 Å². The summed E-state index contributed by atoms with van der Waals surface area (Å²) in [5, 5.41) is 10.0. The van der Waals surface area contributed by atoms with Gasteiger partial charge in [0.1, 0.15) is 0 Å². The van der Waals surface area contributed by atoms with Crippen LogP contribution in [0.25, 0.3) is 10.9 Å². The molecule has 1 aromatic carbocycles. The molecular weight excluding hydrogens is 214 g/mol. The van der Waals surface area contributed by atoms with Crippen molar-refractivity contribution in [2.45, 2.75) is 19.9 Å². The van der Waals surface area contributed by atoms with Gasteiger partial charge in [-0.1, -0.05) is 6.07 Å². The minimum atomic E-state index is -0.895. The molecule has 3 heteroatoms. The quantitative estimate of drug-likeness (QED) is 0.819. The number of carboxylic acids is 1. The van der Waals surface area contributed by atoms with Crippen LogP contribution in [0, 0.1) is 11.8 Å². The number of rotatable bonds is 3. The van der Waals surface area contributed by atoms with E-state index in [-0.39, 0.29) is 0 Å². The third-order valence-corrected chi connectivity index (χ3v) is 2.68. The molecule has 3 nitrogen and oxygen atoms in total. The maximum Gasteiger partial charge on any atom is 0.335 e. The molecule has 1 N–H and O–H groups in total. The number of carbonyl (C=O) groups is 1. The Morgan fingerprint density at radius 1 is 1.41 bits per heavy atom. The molecule has 0 radical (unpaired) electrons. The predicted octanol–water partition coefficient (Wildman–Crippen LogP) is 2.75. The first-order chi connectivity index (χ1) is 8.22. The highest BCUT2D eigenvalue weighted by Crippen LogP contribution is 2.18. The van der Waals surface area contributed by atoms with E-state index in [0.29, 0.717) is 5.56 Å². The lowest BCUT2D eigenvalue weighted by molar-refractivity contribution is 0.0697. The highest BCUT2D eigenvalue weighted by atomic mass is 16.4. The minimum Gasteiger partial charge on any atom is -0.478 e. The van der Waals surface area contributed by atoms with Crippen LogP contribution in [0.1, 0.15) is 23.7 Å². The minimum absolute atomic E-state index is 0.319. The topological polar surface area (TPSA) is 42.2 Å². The van der Waals surface area contributed by atoms with Crippen LogP contribution in [0.5, 0.6) is 0 Å². The van der Waals surface area contributed by atoms with Gasteiger partial charge in [-0.25, -0.2) is 4.79 Å². The average molecular weight is 227 g/mol. The molecule has 0 bridgehead atoms. The van der Waals surface area contributed by atoms with Gasteiger partial charge in [0.05, 0.1) is 5.56 Å². The first-order valence-corrected chi connectivity index (χ1v) is 5.44. The third-order valence-electron chi connectivity index (χ3n) is 2.68. The Kier molecular flexibility index (Phi) is 3.15. The fraction of sp³-hybridized carbons (Fsp3) is 0.214. The van der Waals surface area contributed by atoms with Crippen molar-refractivity contribution < 1.29 is 9.90 Å². The van der Waals surface area contributed by atoms with Gasteiger partial charge in [-0.3, -0.25) is 0 Å². The summed E-state index contributed by atoms with van der Waals surface area (Å²) in [5.74, 6) is 4.96. The van der Waals surface area contributed by atoms with E-state index in [1.807, 2.05) is 29.8 Å². The van der Waals surface area contributed by atoms with Crippen LogP contribution in [-0.4, -0.2) is 15.6 Å². The molecular formula is C14H13NO2. The Balaban J connectivity index is 2.38. The monoisotopic (exact) mass is 227 g/mol. The normalized spacial score (nSPS) is 9.94. The van der Waals surface area contributed by atoms with Crippen LogP contribution in [0.3, 0.4) is 0 Å². The Morgan fingerprint density at radius 2 is 2.24 bits per heavy atom. The van der Waals surface area contributed by atoms with E-state index in [1.165, 1.54) is 0 Å². The van der Waals surface area contributed by atoms with Gasteiger partial charge in [0.15, 0.2) is 0 Å². The molecule has 0 aliphatic heterocycles. The largest absolute Gasteiger partial charge is 0.478 e. The van der Waals surface area contributed by atoms with E-state index in [9.17, 15) is 4.79 Å². The summed E-state index contributed by atoms with van der Waals surface area (Å²) in [6.45, 7) is 2.60. The van der Waals surface area contributed by atoms with Crippen molar-refractivity contribution in [1.82, 2.24) is 4.57 Å². The van der Waals surface area contributed by atoms with Crippen molar-refractivity contribution in [2.75, 3.05) is 0 Å². The van der Waals surface area contributed by atoms with Gasteiger partial charge in [-0.2, -0.15) is 0 Å². The molecule has 0 fully saturated rings. The van der Waals surface area contributed by atoms with E-state index in [1.54, 1.807) is 12.1 Å². The number of hydrogen-bond acceptors (Lipinski definition) is 1. The number of aromatic nitrogens is 1. The molecule has 1 heterocycles. The molecule has 0 aliphatic carbocycles. The standard InChI is InChI=1S/C14H13NO2/c1-2-3-4-8-15-9-7-11-5-6-12(14(16)17)10-13(11)15/h5-7,9-10H,4,8H2,1H3,(H,16,17). The summed E-state index contributed by atoms with van der Waals surface area (Å²) in [6, 6.07) is 7.15. The third kappa shape index (κ3) is 2.31. The number of hydrogen-bond donors (Lipinski definition) is 1. The molecule has 2 aromatic rings. The molecule has 0 atom stereocenters. The van der Waals surface area contributed by atoms with Crippen molar-refractivity contribution in [2.24, 2.45) is 0 Å². The number of fused-ring (bicyclic) bond motifs is 1. The van der Waals surface area contributed by atoms with Gasteiger partial charge < -0.3 is 9.67 Å². The Hall–Kier alpha value is -2.21. The van der Waals surface area contributed by atoms with Gasteiger partial charge in [0.25, 0.3) is 0 Å². The zero-order chi connectivity index (χ0) is 12.3. The maximum absolute atomic E-state index is 10.9. The first kappa shape index (κ1) is 11.3. The number of aryl methyl sites for hydroxylation is 1. The van der Waals surface area contributed by atoms with Gasteiger partial charge in [-0.05, 0) is 30.5 Å². The second-order valence-corrected chi connectivity index (χ2v) is 3.76. The molecule has 17 heavy (non-hydrogen) atoms. The molecule has 2 rings (SSSR count). The summed E-state index contributed by atoms with van der Waals surface area (Å²) in [6.07, 6.45) is 2.74. The number of aromatic carboxylic acids is 1. The van der Waals surface area contributed by atoms with E-state index < -0.39 is 5.97 Å². The fourth-order valence-electron chi connectivity index (χ4n) is 1.81. The van der Waals surface area contributed by atoms with Crippen LogP contribution in [0.2, 0.25) is 0 Å². The average Bonchev–Trinajstić information content (AvgIpc) is 2.72. The molecule has 86 valence electrons. The van der Waals surface area contributed by atoms with Crippen LogP contribution < -0.4 is 0 Å². The van der Waals surface area contributed by atoms with E-state index in [2.05, 4.69) is 11.8 Å². The van der Waals surface area contributed by atoms with Crippen molar-refractivity contribution in [3.8, 4) is 11.8 Å². The SMILES string of the molecule is CC#CCCn1ccc2ccc(C(=O)O)cc21. The summed E-state index contributed by atoms with van der Waals surface area (Å²) < 4.78 is 2.03. The zero-order valence-corrected chi connectivity index (χ0v) is 9.60. The second kappa shape index (κ2) is 4.75. The van der Waals surface area contributed by atoms with Crippen molar-refractivity contribution >= 4 is 16.9 Å². The lowest BCUT2D eigenvalue weighted by Crippen LogP contribution is -1.98. The number of nitrogens with zero attached hydrogens (tertiary/aromatic N) is 1. The zero-order valence-electron chi connectivity index (χ0n) is 9.60. The van der Waals surface area contributed by atoms with Crippen LogP contribution in [0.4, 0.5) is 0 Å². The predicted molar refractivity (Wildman–Crippen MR) is 67.0 cm³/mol. The summed E-state index contributed by atoms with van der Waals surface area (Å²) in [5.41, 5.74) is 1.27. The molecule has 0 amide bonds. The van der Waals surface area contributed by atoms with Crippen LogP contribution >= 0.6 is 0 Å². The van der Waals surface area contributed by atoms with E-state index >= 15 is 0 Å². The smallest absolute Gasteiger partial charge is 0.335 e. The molecule has 0 saturated carbocycles. The lowest BCUT2D eigenvalue weighted by atomic mass is 10.1. The molecule has 0 unspecified atom stereocenters. The number of benzene rings is 1. The van der Waals surface area contributed by atoms with E-state index in [0.717, 1.165) is 23.9 Å². The molecule has 0 spiro atoms. The van der Waals surface area contributed by atoms with Gasteiger partial charge in [0, 0.05) is 24.7 Å². The van der Waals surface area contributed by atoms with Crippen molar-refractivity contribution in [3.05, 3.63) is 36.0 Å². The van der Waals surface area contributed by atoms with Crippen molar-refractivity contribution in [1.29, 1.82) is 0 Å². The Bertz CT molecular complexity index is 614.